The first-order valence-electron chi connectivity index (χ1n) is 6.99. The normalized spacial score (nSPS) is 10.2. The van der Waals surface area contributed by atoms with Crippen LogP contribution in [0.4, 0.5) is 11.4 Å². The number of nitro groups is 1. The Kier molecular flexibility index (Phi) is 5.70. The van der Waals surface area contributed by atoms with Gasteiger partial charge in [0.2, 0.25) is 0 Å². The van der Waals surface area contributed by atoms with E-state index in [0.29, 0.717) is 17.9 Å². The first-order chi connectivity index (χ1) is 11.0. The highest BCUT2D eigenvalue weighted by Crippen LogP contribution is 2.29. The van der Waals surface area contributed by atoms with Gasteiger partial charge in [0.15, 0.2) is 0 Å². The van der Waals surface area contributed by atoms with Gasteiger partial charge in [-0.3, -0.25) is 14.9 Å². The lowest BCUT2D eigenvalue weighted by atomic mass is 10.2. The molecule has 2 aromatic rings. The molecule has 7 heteroatoms. The van der Waals surface area contributed by atoms with Crippen molar-refractivity contribution in [3.05, 3.63) is 62.6 Å². The van der Waals surface area contributed by atoms with E-state index in [1.807, 2.05) is 6.92 Å². The molecule has 1 N–H and O–H groups in total. The topological polar surface area (TPSA) is 81.5 Å². The molecule has 0 aliphatic heterocycles. The van der Waals surface area contributed by atoms with E-state index in [9.17, 15) is 14.9 Å². The van der Waals surface area contributed by atoms with E-state index >= 15 is 0 Å². The summed E-state index contributed by atoms with van der Waals surface area (Å²) in [6.45, 7) is 2.42. The van der Waals surface area contributed by atoms with Crippen molar-refractivity contribution >= 4 is 33.2 Å². The second-order valence-corrected chi connectivity index (χ2v) is 5.66. The quantitative estimate of drug-likeness (QED) is 0.596. The Bertz CT molecular complexity index is 717. The summed E-state index contributed by atoms with van der Waals surface area (Å²) < 4.78 is 6.23. The molecule has 2 aromatic carbocycles. The van der Waals surface area contributed by atoms with Crippen molar-refractivity contribution in [1.29, 1.82) is 0 Å². The number of amides is 1. The van der Waals surface area contributed by atoms with Crippen molar-refractivity contribution in [2.24, 2.45) is 0 Å². The van der Waals surface area contributed by atoms with Gasteiger partial charge in [-0.1, -0.05) is 22.9 Å². The second kappa shape index (κ2) is 7.73. The van der Waals surface area contributed by atoms with Crippen LogP contribution >= 0.6 is 15.9 Å². The minimum atomic E-state index is -0.546. The van der Waals surface area contributed by atoms with E-state index in [1.165, 1.54) is 12.1 Å². The molecule has 120 valence electrons. The van der Waals surface area contributed by atoms with Gasteiger partial charge in [-0.15, -0.1) is 0 Å². The maximum Gasteiger partial charge on any atom is 0.296 e. The van der Waals surface area contributed by atoms with Gasteiger partial charge in [-0.05, 0) is 42.8 Å². The predicted molar refractivity (Wildman–Crippen MR) is 91.0 cm³/mol. The summed E-state index contributed by atoms with van der Waals surface area (Å²) in [6.07, 6.45) is 0.801. The molecule has 0 saturated heterocycles. The van der Waals surface area contributed by atoms with Crippen LogP contribution in [0.1, 0.15) is 23.7 Å². The first-order valence-corrected chi connectivity index (χ1v) is 7.78. The Hall–Kier alpha value is -2.41. The standard InChI is InChI=1S/C16H15BrN2O4/c1-2-9-23-13-7-8-14(15(10-13)19(21)22)18-16(20)11-3-5-12(17)6-4-11/h3-8,10H,2,9H2,1H3,(H,18,20). The molecule has 0 fully saturated rings. The van der Waals surface area contributed by atoms with E-state index < -0.39 is 10.8 Å². The fourth-order valence-corrected chi connectivity index (χ4v) is 2.14. The molecule has 23 heavy (non-hydrogen) atoms. The van der Waals surface area contributed by atoms with Crippen molar-refractivity contribution in [2.45, 2.75) is 13.3 Å². The molecule has 0 heterocycles. The molecular weight excluding hydrogens is 364 g/mol. The second-order valence-electron chi connectivity index (χ2n) is 4.75. The summed E-state index contributed by atoms with van der Waals surface area (Å²) in [5.74, 6) is -0.0111. The van der Waals surface area contributed by atoms with Crippen LogP contribution in [0.5, 0.6) is 5.75 Å². The van der Waals surface area contributed by atoms with Crippen molar-refractivity contribution in [3.8, 4) is 5.75 Å². The van der Waals surface area contributed by atoms with Gasteiger partial charge < -0.3 is 10.1 Å². The van der Waals surface area contributed by atoms with Gasteiger partial charge in [0, 0.05) is 10.0 Å². The molecule has 2 rings (SSSR count). The summed E-state index contributed by atoms with van der Waals surface area (Å²) >= 11 is 3.29. The van der Waals surface area contributed by atoms with Crippen molar-refractivity contribution in [3.63, 3.8) is 0 Å². The number of nitro benzene ring substituents is 1. The molecule has 0 aliphatic rings. The molecule has 1 amide bonds. The Morgan fingerprint density at radius 2 is 1.96 bits per heavy atom. The number of anilines is 1. The number of halogens is 1. The third-order valence-electron chi connectivity index (χ3n) is 2.99. The van der Waals surface area contributed by atoms with Crippen molar-refractivity contribution in [2.75, 3.05) is 11.9 Å². The molecule has 0 saturated carbocycles. The Labute approximate surface area is 141 Å². The van der Waals surface area contributed by atoms with Gasteiger partial charge in [-0.25, -0.2) is 0 Å². The van der Waals surface area contributed by atoms with Crippen LogP contribution in [0.15, 0.2) is 46.9 Å². The third-order valence-corrected chi connectivity index (χ3v) is 3.52. The van der Waals surface area contributed by atoms with Crippen LogP contribution in [0.25, 0.3) is 0 Å². The summed E-state index contributed by atoms with van der Waals surface area (Å²) in [5.41, 5.74) is 0.338. The van der Waals surface area contributed by atoms with Crippen LogP contribution < -0.4 is 10.1 Å². The van der Waals surface area contributed by atoms with Gasteiger partial charge in [0.05, 0.1) is 17.6 Å². The number of nitrogens with one attached hydrogen (secondary N) is 1. The average molecular weight is 379 g/mol. The lowest BCUT2D eigenvalue weighted by Gasteiger charge is -2.09. The number of benzene rings is 2. The molecule has 0 atom stereocenters. The number of hydrogen-bond acceptors (Lipinski definition) is 4. The highest BCUT2D eigenvalue weighted by atomic mass is 79.9. The zero-order valence-electron chi connectivity index (χ0n) is 12.4. The SMILES string of the molecule is CCCOc1ccc(NC(=O)c2ccc(Br)cc2)c([N+](=O)[O-])c1. The minimum Gasteiger partial charge on any atom is -0.493 e. The van der Waals surface area contributed by atoms with Crippen LogP contribution in [-0.2, 0) is 0 Å². The molecule has 6 nitrogen and oxygen atoms in total. The number of ether oxygens (including phenoxy) is 1. The van der Waals surface area contributed by atoms with Gasteiger partial charge in [-0.2, -0.15) is 0 Å². The van der Waals surface area contributed by atoms with Crippen LogP contribution in [0.2, 0.25) is 0 Å². The fourth-order valence-electron chi connectivity index (χ4n) is 1.87. The molecule has 0 radical (unpaired) electrons. The molecule has 0 aliphatic carbocycles. The Morgan fingerprint density at radius 1 is 1.26 bits per heavy atom. The Morgan fingerprint density at radius 3 is 2.57 bits per heavy atom. The zero-order chi connectivity index (χ0) is 16.8. The first kappa shape index (κ1) is 17.0. The zero-order valence-corrected chi connectivity index (χ0v) is 14.0. The largest absolute Gasteiger partial charge is 0.493 e. The number of carbonyl (C=O) groups is 1. The van der Waals surface area contributed by atoms with Crippen LogP contribution in [-0.4, -0.2) is 17.4 Å². The summed E-state index contributed by atoms with van der Waals surface area (Å²) in [5, 5.41) is 13.8. The highest BCUT2D eigenvalue weighted by molar-refractivity contribution is 9.10. The van der Waals surface area contributed by atoms with E-state index in [2.05, 4.69) is 21.2 Å². The van der Waals surface area contributed by atoms with E-state index in [1.54, 1.807) is 30.3 Å². The molecule has 0 spiro atoms. The molecule has 0 unspecified atom stereocenters. The molecule has 0 aromatic heterocycles. The van der Waals surface area contributed by atoms with Crippen LogP contribution in [0, 0.1) is 10.1 Å². The number of rotatable bonds is 6. The lowest BCUT2D eigenvalue weighted by molar-refractivity contribution is -0.384. The lowest BCUT2D eigenvalue weighted by Crippen LogP contribution is -2.13. The predicted octanol–water partition coefficient (Wildman–Crippen LogP) is 4.40. The Balaban J connectivity index is 2.22. The fraction of sp³-hybridized carbons (Fsp3) is 0.188. The monoisotopic (exact) mass is 378 g/mol. The van der Waals surface area contributed by atoms with Crippen LogP contribution in [0.3, 0.4) is 0 Å². The van der Waals surface area contributed by atoms with Crippen molar-refractivity contribution in [1.82, 2.24) is 0 Å². The summed E-state index contributed by atoms with van der Waals surface area (Å²) in [6, 6.07) is 11.1. The summed E-state index contributed by atoms with van der Waals surface area (Å²) in [7, 11) is 0. The average Bonchev–Trinajstić information content (AvgIpc) is 2.54. The summed E-state index contributed by atoms with van der Waals surface area (Å²) in [4.78, 5) is 22.8. The molecule has 0 bridgehead atoms. The number of carbonyl (C=O) groups excluding carboxylic acids is 1. The number of hydrogen-bond donors (Lipinski definition) is 1. The maximum absolute atomic E-state index is 12.2. The van der Waals surface area contributed by atoms with E-state index in [-0.39, 0.29) is 11.4 Å². The van der Waals surface area contributed by atoms with Gasteiger partial charge in [0.25, 0.3) is 11.6 Å². The maximum atomic E-state index is 12.2. The van der Waals surface area contributed by atoms with E-state index in [4.69, 9.17) is 4.74 Å². The number of nitrogens with zero attached hydrogens (tertiary/aromatic N) is 1. The van der Waals surface area contributed by atoms with E-state index in [0.717, 1.165) is 10.9 Å². The van der Waals surface area contributed by atoms with Gasteiger partial charge >= 0.3 is 0 Å². The van der Waals surface area contributed by atoms with Crippen molar-refractivity contribution < 1.29 is 14.5 Å². The van der Waals surface area contributed by atoms with Gasteiger partial charge in [0.1, 0.15) is 11.4 Å². The molecular formula is C16H15BrN2O4. The smallest absolute Gasteiger partial charge is 0.296 e. The highest BCUT2D eigenvalue weighted by Gasteiger charge is 2.18. The minimum absolute atomic E-state index is 0.131. The third kappa shape index (κ3) is 4.53.